The van der Waals surface area contributed by atoms with Crippen molar-refractivity contribution in [1.82, 2.24) is 0 Å². The molecule has 0 saturated heterocycles. The average molecular weight is 171 g/mol. The Bertz CT molecular complexity index is 136. The van der Waals surface area contributed by atoms with Gasteiger partial charge in [0.15, 0.2) is 0 Å². The van der Waals surface area contributed by atoms with Crippen molar-refractivity contribution < 1.29 is 0 Å². The van der Waals surface area contributed by atoms with Crippen molar-refractivity contribution in [3.8, 4) is 0 Å². The van der Waals surface area contributed by atoms with Crippen molar-refractivity contribution in [3.05, 3.63) is 0 Å². The lowest BCUT2D eigenvalue weighted by molar-refractivity contribution is 0.853. The SMILES string of the molecule is NCC1(SC2CCCC2)CC1. The van der Waals surface area contributed by atoms with E-state index in [1.54, 1.807) is 0 Å². The molecule has 0 aliphatic heterocycles. The van der Waals surface area contributed by atoms with Crippen molar-refractivity contribution in [1.29, 1.82) is 0 Å². The molecular formula is C9H17NS. The van der Waals surface area contributed by atoms with Crippen LogP contribution in [-0.2, 0) is 0 Å². The first-order valence-electron chi connectivity index (χ1n) is 4.73. The van der Waals surface area contributed by atoms with Crippen LogP contribution in [0.15, 0.2) is 0 Å². The van der Waals surface area contributed by atoms with Gasteiger partial charge in [-0.15, -0.1) is 0 Å². The van der Waals surface area contributed by atoms with Crippen LogP contribution in [0.1, 0.15) is 38.5 Å². The summed E-state index contributed by atoms with van der Waals surface area (Å²) >= 11 is 2.20. The van der Waals surface area contributed by atoms with E-state index in [4.69, 9.17) is 5.73 Å². The van der Waals surface area contributed by atoms with Gasteiger partial charge in [0.25, 0.3) is 0 Å². The third-order valence-corrected chi connectivity index (χ3v) is 4.78. The summed E-state index contributed by atoms with van der Waals surface area (Å²) < 4.78 is 0.551. The molecule has 2 fully saturated rings. The Kier molecular flexibility index (Phi) is 2.15. The molecule has 0 aromatic heterocycles. The lowest BCUT2D eigenvalue weighted by atomic mass is 10.4. The molecule has 2 aliphatic rings. The molecule has 0 heterocycles. The second-order valence-electron chi connectivity index (χ2n) is 3.91. The minimum absolute atomic E-state index is 0.551. The lowest BCUT2D eigenvalue weighted by Crippen LogP contribution is -2.20. The molecule has 0 radical (unpaired) electrons. The third kappa shape index (κ3) is 1.73. The van der Waals surface area contributed by atoms with Crippen LogP contribution >= 0.6 is 11.8 Å². The Morgan fingerprint density at radius 2 is 1.91 bits per heavy atom. The highest BCUT2D eigenvalue weighted by atomic mass is 32.2. The van der Waals surface area contributed by atoms with E-state index in [9.17, 15) is 0 Å². The number of thioether (sulfide) groups is 1. The highest BCUT2D eigenvalue weighted by molar-refractivity contribution is 8.01. The van der Waals surface area contributed by atoms with Crippen molar-refractivity contribution in [2.45, 2.75) is 48.5 Å². The molecule has 11 heavy (non-hydrogen) atoms. The fourth-order valence-electron chi connectivity index (χ4n) is 1.87. The molecule has 0 bridgehead atoms. The maximum atomic E-state index is 5.73. The van der Waals surface area contributed by atoms with Gasteiger partial charge in [-0.3, -0.25) is 0 Å². The standard InChI is InChI=1S/C9H17NS/c10-7-9(5-6-9)11-8-3-1-2-4-8/h8H,1-7,10H2. The minimum atomic E-state index is 0.551. The van der Waals surface area contributed by atoms with Crippen LogP contribution in [0, 0.1) is 0 Å². The van der Waals surface area contributed by atoms with Crippen LogP contribution in [0.4, 0.5) is 0 Å². The zero-order valence-corrected chi connectivity index (χ0v) is 7.83. The molecule has 2 aliphatic carbocycles. The van der Waals surface area contributed by atoms with Crippen LogP contribution in [0.5, 0.6) is 0 Å². The maximum absolute atomic E-state index is 5.73. The summed E-state index contributed by atoms with van der Waals surface area (Å²) in [6.07, 6.45) is 8.57. The molecule has 0 aromatic rings. The minimum Gasteiger partial charge on any atom is -0.329 e. The Hall–Kier alpha value is 0.310. The largest absolute Gasteiger partial charge is 0.329 e. The van der Waals surface area contributed by atoms with E-state index in [2.05, 4.69) is 11.8 Å². The van der Waals surface area contributed by atoms with Gasteiger partial charge in [-0.2, -0.15) is 11.8 Å². The Morgan fingerprint density at radius 3 is 2.36 bits per heavy atom. The van der Waals surface area contributed by atoms with Gasteiger partial charge in [0.05, 0.1) is 0 Å². The van der Waals surface area contributed by atoms with E-state index >= 15 is 0 Å². The van der Waals surface area contributed by atoms with Gasteiger partial charge in [-0.25, -0.2) is 0 Å². The van der Waals surface area contributed by atoms with Crippen LogP contribution < -0.4 is 5.73 Å². The van der Waals surface area contributed by atoms with Crippen molar-refractivity contribution >= 4 is 11.8 Å². The number of rotatable bonds is 3. The van der Waals surface area contributed by atoms with E-state index in [0.717, 1.165) is 11.8 Å². The van der Waals surface area contributed by atoms with E-state index in [1.807, 2.05) is 0 Å². The van der Waals surface area contributed by atoms with Crippen molar-refractivity contribution in [3.63, 3.8) is 0 Å². The number of hydrogen-bond acceptors (Lipinski definition) is 2. The van der Waals surface area contributed by atoms with E-state index in [1.165, 1.54) is 38.5 Å². The summed E-state index contributed by atoms with van der Waals surface area (Å²) in [4.78, 5) is 0. The number of hydrogen-bond donors (Lipinski definition) is 1. The summed E-state index contributed by atoms with van der Waals surface area (Å²) in [7, 11) is 0. The first-order valence-corrected chi connectivity index (χ1v) is 5.60. The summed E-state index contributed by atoms with van der Waals surface area (Å²) in [5, 5.41) is 0.959. The van der Waals surface area contributed by atoms with Crippen LogP contribution in [0.3, 0.4) is 0 Å². The smallest absolute Gasteiger partial charge is 0.0286 e. The van der Waals surface area contributed by atoms with Gasteiger partial charge in [0.2, 0.25) is 0 Å². The Morgan fingerprint density at radius 1 is 1.27 bits per heavy atom. The predicted octanol–water partition coefficient (Wildman–Crippen LogP) is 2.15. The van der Waals surface area contributed by atoms with Gasteiger partial charge in [-0.1, -0.05) is 12.8 Å². The fourth-order valence-corrected chi connectivity index (χ4v) is 3.58. The normalized spacial score (nSPS) is 29.2. The average Bonchev–Trinajstić information content (AvgIpc) is 2.59. The predicted molar refractivity (Wildman–Crippen MR) is 50.9 cm³/mol. The summed E-state index contributed by atoms with van der Waals surface area (Å²) in [5.74, 6) is 0. The molecule has 0 unspecified atom stereocenters. The van der Waals surface area contributed by atoms with E-state index in [-0.39, 0.29) is 0 Å². The highest BCUT2D eigenvalue weighted by Gasteiger charge is 2.43. The van der Waals surface area contributed by atoms with Crippen LogP contribution in [-0.4, -0.2) is 16.5 Å². The van der Waals surface area contributed by atoms with E-state index in [0.29, 0.717) is 4.75 Å². The molecule has 2 saturated carbocycles. The second kappa shape index (κ2) is 2.98. The van der Waals surface area contributed by atoms with Crippen molar-refractivity contribution in [2.24, 2.45) is 5.73 Å². The van der Waals surface area contributed by atoms with Gasteiger partial charge in [0, 0.05) is 16.5 Å². The zero-order valence-electron chi connectivity index (χ0n) is 7.01. The molecule has 0 spiro atoms. The monoisotopic (exact) mass is 171 g/mol. The Balaban J connectivity index is 1.80. The molecule has 0 amide bonds. The summed E-state index contributed by atoms with van der Waals surface area (Å²) in [6.45, 7) is 0.911. The second-order valence-corrected chi connectivity index (χ2v) is 5.68. The zero-order chi connectivity index (χ0) is 7.73. The molecule has 0 aromatic carbocycles. The Labute approximate surface area is 73.1 Å². The van der Waals surface area contributed by atoms with Crippen LogP contribution in [0.2, 0.25) is 0 Å². The molecule has 2 rings (SSSR count). The highest BCUT2D eigenvalue weighted by Crippen LogP contribution is 2.52. The first-order chi connectivity index (χ1) is 5.35. The van der Waals surface area contributed by atoms with Gasteiger partial charge < -0.3 is 5.73 Å². The number of nitrogens with two attached hydrogens (primary N) is 1. The molecule has 2 heteroatoms. The maximum Gasteiger partial charge on any atom is 0.0286 e. The fraction of sp³-hybridized carbons (Fsp3) is 1.00. The van der Waals surface area contributed by atoms with Gasteiger partial charge >= 0.3 is 0 Å². The first kappa shape index (κ1) is 7.93. The molecule has 2 N–H and O–H groups in total. The van der Waals surface area contributed by atoms with Gasteiger partial charge in [0.1, 0.15) is 0 Å². The van der Waals surface area contributed by atoms with Gasteiger partial charge in [-0.05, 0) is 25.7 Å². The molecule has 64 valence electrons. The lowest BCUT2D eigenvalue weighted by Gasteiger charge is -2.16. The molecular weight excluding hydrogens is 154 g/mol. The van der Waals surface area contributed by atoms with Crippen LogP contribution in [0.25, 0.3) is 0 Å². The third-order valence-electron chi connectivity index (χ3n) is 2.90. The van der Waals surface area contributed by atoms with E-state index < -0.39 is 0 Å². The quantitative estimate of drug-likeness (QED) is 0.704. The topological polar surface area (TPSA) is 26.0 Å². The molecule has 1 nitrogen and oxygen atoms in total. The van der Waals surface area contributed by atoms with Crippen molar-refractivity contribution in [2.75, 3.05) is 6.54 Å². The summed E-state index contributed by atoms with van der Waals surface area (Å²) in [6, 6.07) is 0. The summed E-state index contributed by atoms with van der Waals surface area (Å²) in [5.41, 5.74) is 5.73. The molecule has 0 atom stereocenters.